The van der Waals surface area contributed by atoms with Crippen LogP contribution in [-0.2, 0) is 0 Å². The van der Waals surface area contributed by atoms with Gasteiger partial charge in [-0.1, -0.05) is 45.7 Å². The molecule has 2 aliphatic rings. The van der Waals surface area contributed by atoms with Crippen LogP contribution in [0, 0.1) is 6.92 Å². The molecule has 162 valence electrons. The third-order valence-electron chi connectivity index (χ3n) is 5.62. The minimum Gasteiger partial charge on any atom is -0.350 e. The number of amides is 1. The van der Waals surface area contributed by atoms with Crippen LogP contribution in [0.1, 0.15) is 80.5 Å². The van der Waals surface area contributed by atoms with Gasteiger partial charge < -0.3 is 21.7 Å². The Kier molecular flexibility index (Phi) is 7.26. The van der Waals surface area contributed by atoms with Gasteiger partial charge in [-0.3, -0.25) is 4.79 Å². The summed E-state index contributed by atoms with van der Waals surface area (Å²) < 4.78 is 0. The van der Waals surface area contributed by atoms with Crippen LogP contribution in [0.5, 0.6) is 0 Å². The lowest BCUT2D eigenvalue weighted by Crippen LogP contribution is -2.43. The molecule has 5 N–H and O–H groups in total. The minimum atomic E-state index is -0.127. The largest absolute Gasteiger partial charge is 0.350 e. The topological polar surface area (TPSA) is 105 Å². The SMILES string of the molecule is CC.CCC1NC(=O)c2c(Nc3cccc(C)c3)nc(NC3CCCCC3N)nc21. The Balaban J connectivity index is 0.00000124. The van der Waals surface area contributed by atoms with Crippen molar-refractivity contribution in [2.24, 2.45) is 5.73 Å². The summed E-state index contributed by atoms with van der Waals surface area (Å²) in [7, 11) is 0. The van der Waals surface area contributed by atoms with E-state index in [4.69, 9.17) is 10.7 Å². The smallest absolute Gasteiger partial charge is 0.257 e. The molecule has 4 rings (SSSR count). The number of nitrogens with two attached hydrogens (primary N) is 1. The number of carbonyl (C=O) groups excluding carboxylic acids is 1. The van der Waals surface area contributed by atoms with Crippen molar-refractivity contribution in [2.45, 2.75) is 77.9 Å². The molecular formula is C23H34N6O. The first-order valence-electron chi connectivity index (χ1n) is 11.1. The Bertz CT molecular complexity index is 884. The Hall–Kier alpha value is -2.67. The highest BCUT2D eigenvalue weighted by Gasteiger charge is 2.34. The first-order valence-corrected chi connectivity index (χ1v) is 11.1. The summed E-state index contributed by atoms with van der Waals surface area (Å²) in [5, 5.41) is 9.77. The average molecular weight is 411 g/mol. The number of rotatable bonds is 5. The van der Waals surface area contributed by atoms with Gasteiger partial charge in [-0.2, -0.15) is 4.98 Å². The molecule has 1 aromatic carbocycles. The van der Waals surface area contributed by atoms with E-state index in [-0.39, 0.29) is 24.0 Å². The molecule has 2 aromatic rings. The summed E-state index contributed by atoms with van der Waals surface area (Å²) in [6.45, 7) is 8.08. The van der Waals surface area contributed by atoms with Crippen LogP contribution in [0.25, 0.3) is 0 Å². The third kappa shape index (κ3) is 4.73. The molecule has 0 spiro atoms. The van der Waals surface area contributed by atoms with Gasteiger partial charge in [-0.25, -0.2) is 4.98 Å². The van der Waals surface area contributed by atoms with E-state index in [2.05, 4.69) is 20.9 Å². The number of aromatic nitrogens is 2. The van der Waals surface area contributed by atoms with Crippen molar-refractivity contribution in [1.82, 2.24) is 15.3 Å². The molecule has 2 heterocycles. The highest BCUT2D eigenvalue weighted by Crippen LogP contribution is 2.33. The molecule has 0 bridgehead atoms. The Morgan fingerprint density at radius 3 is 2.67 bits per heavy atom. The van der Waals surface area contributed by atoms with Crippen molar-refractivity contribution >= 4 is 23.4 Å². The molecule has 7 nitrogen and oxygen atoms in total. The standard InChI is InChI=1S/C21H28N6O.C2H6/c1-3-15-18-17(20(28)24-15)19(23-13-8-6-7-12(2)11-13)27-21(26-18)25-16-10-5-4-9-14(16)22;1-2/h6-8,11,14-16H,3-5,9-10,22H2,1-2H3,(H,24,28)(H2,23,25,26,27);1-2H3. The maximum absolute atomic E-state index is 12.6. The van der Waals surface area contributed by atoms with Gasteiger partial charge in [0.15, 0.2) is 0 Å². The fourth-order valence-electron chi connectivity index (χ4n) is 4.07. The van der Waals surface area contributed by atoms with Crippen molar-refractivity contribution in [1.29, 1.82) is 0 Å². The van der Waals surface area contributed by atoms with Crippen molar-refractivity contribution in [3.05, 3.63) is 41.1 Å². The van der Waals surface area contributed by atoms with Crippen molar-refractivity contribution < 1.29 is 4.79 Å². The molecule has 0 saturated heterocycles. The Morgan fingerprint density at radius 2 is 1.97 bits per heavy atom. The van der Waals surface area contributed by atoms with Gasteiger partial charge in [0.1, 0.15) is 11.4 Å². The number of benzene rings is 1. The molecule has 3 unspecified atom stereocenters. The average Bonchev–Trinajstić information content (AvgIpc) is 3.07. The fraction of sp³-hybridized carbons (Fsp3) is 0.522. The van der Waals surface area contributed by atoms with Crippen molar-refractivity contribution in [3.63, 3.8) is 0 Å². The third-order valence-corrected chi connectivity index (χ3v) is 5.62. The van der Waals surface area contributed by atoms with Gasteiger partial charge in [-0.05, 0) is 43.9 Å². The number of fused-ring (bicyclic) bond motifs is 1. The molecule has 3 atom stereocenters. The number of carbonyl (C=O) groups is 1. The van der Waals surface area contributed by atoms with E-state index in [1.807, 2.05) is 52.0 Å². The van der Waals surface area contributed by atoms with E-state index in [1.165, 1.54) is 6.42 Å². The number of nitrogens with one attached hydrogen (secondary N) is 3. The second-order valence-corrected chi connectivity index (χ2v) is 7.78. The molecule has 1 amide bonds. The quantitative estimate of drug-likeness (QED) is 0.581. The Morgan fingerprint density at radius 1 is 1.20 bits per heavy atom. The van der Waals surface area contributed by atoms with Gasteiger partial charge in [-0.15, -0.1) is 0 Å². The molecule has 1 saturated carbocycles. The van der Waals surface area contributed by atoms with Crippen LogP contribution in [0.4, 0.5) is 17.5 Å². The van der Waals surface area contributed by atoms with E-state index in [1.54, 1.807) is 0 Å². The highest BCUT2D eigenvalue weighted by atomic mass is 16.2. The molecule has 1 fully saturated rings. The molecule has 7 heteroatoms. The fourth-order valence-corrected chi connectivity index (χ4v) is 4.07. The number of nitrogens with zero attached hydrogens (tertiary/aromatic N) is 2. The molecule has 1 aliphatic carbocycles. The minimum absolute atomic E-state index is 0.0934. The van der Waals surface area contributed by atoms with Crippen LogP contribution in [0.2, 0.25) is 0 Å². The first-order chi connectivity index (χ1) is 14.5. The zero-order valence-corrected chi connectivity index (χ0v) is 18.5. The molecule has 0 radical (unpaired) electrons. The molecular weight excluding hydrogens is 376 g/mol. The van der Waals surface area contributed by atoms with Crippen LogP contribution in [0.15, 0.2) is 24.3 Å². The van der Waals surface area contributed by atoms with Crippen molar-refractivity contribution in [3.8, 4) is 0 Å². The summed E-state index contributed by atoms with van der Waals surface area (Å²) in [4.78, 5) is 22.0. The second kappa shape index (κ2) is 9.89. The monoisotopic (exact) mass is 410 g/mol. The summed E-state index contributed by atoms with van der Waals surface area (Å²) >= 11 is 0. The maximum atomic E-state index is 12.6. The summed E-state index contributed by atoms with van der Waals surface area (Å²) in [5.74, 6) is 0.944. The Labute approximate surface area is 179 Å². The summed E-state index contributed by atoms with van der Waals surface area (Å²) in [5.41, 5.74) is 9.62. The molecule has 30 heavy (non-hydrogen) atoms. The van der Waals surface area contributed by atoms with Gasteiger partial charge in [0, 0.05) is 17.8 Å². The van der Waals surface area contributed by atoms with Crippen LogP contribution in [0.3, 0.4) is 0 Å². The predicted octanol–water partition coefficient (Wildman–Crippen LogP) is 4.43. The first kappa shape index (κ1) is 22.0. The normalized spacial score (nSPS) is 22.4. The maximum Gasteiger partial charge on any atom is 0.257 e. The van der Waals surface area contributed by atoms with Crippen LogP contribution < -0.4 is 21.7 Å². The van der Waals surface area contributed by atoms with Crippen molar-refractivity contribution in [2.75, 3.05) is 10.6 Å². The molecule has 1 aromatic heterocycles. The number of hydrogen-bond donors (Lipinski definition) is 4. The second-order valence-electron chi connectivity index (χ2n) is 7.78. The van der Waals surface area contributed by atoms with E-state index in [0.29, 0.717) is 17.3 Å². The van der Waals surface area contributed by atoms with Crippen LogP contribution in [-0.4, -0.2) is 28.0 Å². The lowest BCUT2D eigenvalue weighted by Gasteiger charge is -2.29. The van der Waals surface area contributed by atoms with Crippen LogP contribution >= 0.6 is 0 Å². The highest BCUT2D eigenvalue weighted by molar-refractivity contribution is 6.03. The van der Waals surface area contributed by atoms with E-state index < -0.39 is 0 Å². The zero-order chi connectivity index (χ0) is 21.7. The predicted molar refractivity (Wildman–Crippen MR) is 122 cm³/mol. The summed E-state index contributed by atoms with van der Waals surface area (Å²) in [6, 6.07) is 8.17. The number of aryl methyl sites for hydroxylation is 1. The van der Waals surface area contributed by atoms with E-state index >= 15 is 0 Å². The molecule has 1 aliphatic heterocycles. The van der Waals surface area contributed by atoms with E-state index in [0.717, 1.165) is 42.6 Å². The van der Waals surface area contributed by atoms with Gasteiger partial charge >= 0.3 is 0 Å². The summed E-state index contributed by atoms with van der Waals surface area (Å²) in [6.07, 6.45) is 5.12. The lowest BCUT2D eigenvalue weighted by molar-refractivity contribution is 0.0956. The number of anilines is 3. The van der Waals surface area contributed by atoms with Gasteiger partial charge in [0.05, 0.1) is 11.7 Å². The van der Waals surface area contributed by atoms with E-state index in [9.17, 15) is 4.79 Å². The lowest BCUT2D eigenvalue weighted by atomic mass is 9.91. The zero-order valence-electron chi connectivity index (χ0n) is 18.5. The number of hydrogen-bond acceptors (Lipinski definition) is 6. The van der Waals surface area contributed by atoms with Gasteiger partial charge in [0.2, 0.25) is 5.95 Å². The van der Waals surface area contributed by atoms with Gasteiger partial charge in [0.25, 0.3) is 5.91 Å².